The maximum absolute atomic E-state index is 9.48. The third-order valence-corrected chi connectivity index (χ3v) is 5.33. The van der Waals surface area contributed by atoms with Crippen LogP contribution >= 0.6 is 0 Å². The molecule has 0 saturated heterocycles. The summed E-state index contributed by atoms with van der Waals surface area (Å²) in [5.74, 6) is 0.909. The topological polar surface area (TPSA) is 38.7 Å². The molecule has 0 aliphatic carbocycles. The van der Waals surface area contributed by atoms with Crippen molar-refractivity contribution in [2.24, 2.45) is 0 Å². The van der Waals surface area contributed by atoms with E-state index in [1.54, 1.807) is 0 Å². The van der Waals surface area contributed by atoms with Crippen molar-refractivity contribution in [1.82, 2.24) is 0 Å². The van der Waals surface area contributed by atoms with Gasteiger partial charge in [0.15, 0.2) is 0 Å². The molecule has 30 heavy (non-hydrogen) atoms. The largest absolute Gasteiger partial charge is 0.493 e. The van der Waals surface area contributed by atoms with E-state index in [9.17, 15) is 5.26 Å². The van der Waals surface area contributed by atoms with Gasteiger partial charge in [0.05, 0.1) is 6.61 Å². The minimum atomic E-state index is -0.479. The molecule has 3 nitrogen and oxygen atoms in total. The molecular formula is C27H32O3. The molecule has 0 aliphatic rings. The summed E-state index contributed by atoms with van der Waals surface area (Å²) in [6.45, 7) is 4.99. The van der Waals surface area contributed by atoms with E-state index in [1.807, 2.05) is 36.4 Å². The second kappa shape index (κ2) is 11.5. The fourth-order valence-corrected chi connectivity index (χ4v) is 3.65. The number of hydrogen-bond acceptors (Lipinski definition) is 3. The third kappa shape index (κ3) is 6.19. The van der Waals surface area contributed by atoms with Crippen LogP contribution in [-0.2, 0) is 24.2 Å². The molecule has 1 unspecified atom stereocenters. The van der Waals surface area contributed by atoms with Crippen molar-refractivity contribution in [3.8, 4) is 5.75 Å². The van der Waals surface area contributed by atoms with Crippen LogP contribution in [0.15, 0.2) is 72.8 Å². The lowest BCUT2D eigenvalue weighted by Gasteiger charge is -2.15. The normalized spacial score (nSPS) is 12.0. The van der Waals surface area contributed by atoms with Gasteiger partial charge in [-0.15, -0.1) is 0 Å². The first-order chi connectivity index (χ1) is 14.7. The van der Waals surface area contributed by atoms with Gasteiger partial charge < -0.3 is 4.74 Å². The highest BCUT2D eigenvalue weighted by Crippen LogP contribution is 2.26. The van der Waals surface area contributed by atoms with Crippen molar-refractivity contribution >= 4 is 0 Å². The van der Waals surface area contributed by atoms with Gasteiger partial charge in [0.2, 0.25) is 0 Å². The molecule has 3 aromatic rings. The first-order valence-electron chi connectivity index (χ1n) is 10.9. The van der Waals surface area contributed by atoms with E-state index in [1.165, 1.54) is 16.7 Å². The van der Waals surface area contributed by atoms with Crippen LogP contribution in [0.1, 0.15) is 60.6 Å². The number of hydrogen-bond donors (Lipinski definition) is 1. The Balaban J connectivity index is 1.55. The Morgan fingerprint density at radius 3 is 1.50 bits per heavy atom. The first-order valence-corrected chi connectivity index (χ1v) is 10.9. The van der Waals surface area contributed by atoms with Crippen molar-refractivity contribution in [1.29, 1.82) is 0 Å². The number of ether oxygens (including phenoxy) is 1. The van der Waals surface area contributed by atoms with Crippen LogP contribution < -0.4 is 4.74 Å². The van der Waals surface area contributed by atoms with Crippen LogP contribution in [0.5, 0.6) is 5.75 Å². The molecule has 0 bridgehead atoms. The van der Waals surface area contributed by atoms with Gasteiger partial charge in [-0.2, -0.15) is 0 Å². The molecule has 3 heteroatoms. The Morgan fingerprint density at radius 1 is 0.633 bits per heavy atom. The Labute approximate surface area is 180 Å². The molecule has 1 N–H and O–H groups in total. The lowest BCUT2D eigenvalue weighted by atomic mass is 9.98. The fraction of sp³-hybridized carbons (Fsp3) is 0.333. The van der Waals surface area contributed by atoms with E-state index in [-0.39, 0.29) is 0 Å². The van der Waals surface area contributed by atoms with Crippen LogP contribution in [0.25, 0.3) is 0 Å². The standard InChI is InChI=1S/C27H32O3/c1-3-5-21-7-13-24(14-8-21)27(30-28)25-15-9-23(10-16-25)19-20-29-26-17-11-22(6-4-2)12-18-26/h7-18,27-28H,3-6,19-20H2,1-2H3. The lowest BCUT2D eigenvalue weighted by molar-refractivity contribution is -0.270. The average Bonchev–Trinajstić information content (AvgIpc) is 2.78. The van der Waals surface area contributed by atoms with Crippen molar-refractivity contribution < 1.29 is 14.9 Å². The van der Waals surface area contributed by atoms with Gasteiger partial charge in [-0.25, -0.2) is 4.89 Å². The van der Waals surface area contributed by atoms with Crippen molar-refractivity contribution in [2.45, 2.75) is 52.1 Å². The first kappa shape index (κ1) is 22.1. The molecule has 3 aromatic carbocycles. The Kier molecular flexibility index (Phi) is 8.49. The molecule has 0 spiro atoms. The van der Waals surface area contributed by atoms with Crippen molar-refractivity contribution in [3.05, 3.63) is 101 Å². The van der Waals surface area contributed by atoms with E-state index in [0.29, 0.717) is 6.61 Å². The van der Waals surface area contributed by atoms with Crippen LogP contribution in [0, 0.1) is 0 Å². The Bertz CT molecular complexity index is 867. The van der Waals surface area contributed by atoms with Crippen LogP contribution in [0.3, 0.4) is 0 Å². The zero-order valence-corrected chi connectivity index (χ0v) is 18.0. The molecule has 0 radical (unpaired) electrons. The second-order valence-electron chi connectivity index (χ2n) is 7.71. The lowest BCUT2D eigenvalue weighted by Crippen LogP contribution is -2.05. The molecule has 158 valence electrons. The van der Waals surface area contributed by atoms with Gasteiger partial charge in [0.25, 0.3) is 0 Å². The summed E-state index contributed by atoms with van der Waals surface area (Å²) in [7, 11) is 0. The summed E-state index contributed by atoms with van der Waals surface area (Å²) in [4.78, 5) is 4.80. The predicted octanol–water partition coefficient (Wildman–Crippen LogP) is 6.79. The minimum Gasteiger partial charge on any atom is -0.493 e. The van der Waals surface area contributed by atoms with E-state index in [4.69, 9.17) is 9.62 Å². The zero-order chi connectivity index (χ0) is 21.2. The zero-order valence-electron chi connectivity index (χ0n) is 18.0. The summed E-state index contributed by atoms with van der Waals surface area (Å²) in [5.41, 5.74) is 5.71. The maximum atomic E-state index is 9.48. The van der Waals surface area contributed by atoms with E-state index in [2.05, 4.69) is 50.2 Å². The summed E-state index contributed by atoms with van der Waals surface area (Å²) in [5, 5.41) is 9.48. The van der Waals surface area contributed by atoms with Crippen LogP contribution in [-0.4, -0.2) is 11.9 Å². The highest BCUT2D eigenvalue weighted by Gasteiger charge is 2.15. The number of benzene rings is 3. The summed E-state index contributed by atoms with van der Waals surface area (Å²) in [6.07, 6.45) is 4.79. The van der Waals surface area contributed by atoms with Gasteiger partial charge in [0.1, 0.15) is 11.9 Å². The van der Waals surface area contributed by atoms with Gasteiger partial charge in [0, 0.05) is 6.42 Å². The third-order valence-electron chi connectivity index (χ3n) is 5.33. The molecule has 0 aliphatic heterocycles. The summed E-state index contributed by atoms with van der Waals surface area (Å²) >= 11 is 0. The van der Waals surface area contributed by atoms with Gasteiger partial charge >= 0.3 is 0 Å². The molecule has 3 rings (SSSR count). The van der Waals surface area contributed by atoms with E-state index in [0.717, 1.165) is 49.0 Å². The fourth-order valence-electron chi connectivity index (χ4n) is 3.65. The Hall–Kier alpha value is -2.62. The van der Waals surface area contributed by atoms with Crippen molar-refractivity contribution in [3.63, 3.8) is 0 Å². The van der Waals surface area contributed by atoms with Crippen LogP contribution in [0.2, 0.25) is 0 Å². The smallest absolute Gasteiger partial charge is 0.143 e. The second-order valence-corrected chi connectivity index (χ2v) is 7.71. The Morgan fingerprint density at radius 2 is 1.07 bits per heavy atom. The average molecular weight is 405 g/mol. The predicted molar refractivity (Wildman–Crippen MR) is 122 cm³/mol. The molecular weight excluding hydrogens is 372 g/mol. The maximum Gasteiger partial charge on any atom is 0.143 e. The highest BCUT2D eigenvalue weighted by molar-refractivity contribution is 5.34. The van der Waals surface area contributed by atoms with E-state index < -0.39 is 6.10 Å². The summed E-state index contributed by atoms with van der Waals surface area (Å²) < 4.78 is 5.88. The molecule has 0 aromatic heterocycles. The minimum absolute atomic E-state index is 0.479. The highest BCUT2D eigenvalue weighted by atomic mass is 17.1. The molecule has 1 atom stereocenters. The van der Waals surface area contributed by atoms with Crippen molar-refractivity contribution in [2.75, 3.05) is 6.61 Å². The molecule has 0 amide bonds. The van der Waals surface area contributed by atoms with Gasteiger partial charge in [-0.05, 0) is 52.8 Å². The summed E-state index contributed by atoms with van der Waals surface area (Å²) in [6, 6.07) is 24.8. The van der Waals surface area contributed by atoms with Gasteiger partial charge in [-0.1, -0.05) is 87.4 Å². The molecule has 0 saturated carbocycles. The number of aryl methyl sites for hydroxylation is 2. The monoisotopic (exact) mass is 404 g/mol. The SMILES string of the molecule is CCCc1ccc(OCCc2ccc(C(OO)c3ccc(CCC)cc3)cc2)cc1. The molecule has 0 heterocycles. The number of rotatable bonds is 11. The van der Waals surface area contributed by atoms with Crippen LogP contribution in [0.4, 0.5) is 0 Å². The molecule has 0 fully saturated rings. The quantitative estimate of drug-likeness (QED) is 0.282. The van der Waals surface area contributed by atoms with Gasteiger partial charge in [-0.3, -0.25) is 5.26 Å². The van der Waals surface area contributed by atoms with E-state index >= 15 is 0 Å².